The Labute approximate surface area is 136 Å². The lowest BCUT2D eigenvalue weighted by atomic mass is 9.71. The van der Waals surface area contributed by atoms with E-state index < -0.39 is 5.97 Å². The van der Waals surface area contributed by atoms with Crippen LogP contribution in [0, 0.1) is 12.3 Å². The summed E-state index contributed by atoms with van der Waals surface area (Å²) < 4.78 is 0. The average Bonchev–Trinajstić information content (AvgIpc) is 2.54. The van der Waals surface area contributed by atoms with Gasteiger partial charge in [-0.25, -0.2) is 9.78 Å². The number of nitrogens with zero attached hydrogens (tertiary/aromatic N) is 2. The molecule has 122 valence electrons. The van der Waals surface area contributed by atoms with E-state index >= 15 is 0 Å². The number of hydrogen-bond acceptors (Lipinski definition) is 3. The number of likely N-dealkylation sites (tertiary alicyclic amines) is 1. The van der Waals surface area contributed by atoms with E-state index in [0.717, 1.165) is 38.8 Å². The first-order chi connectivity index (χ1) is 11.0. The van der Waals surface area contributed by atoms with Crippen LogP contribution in [-0.2, 0) is 0 Å². The summed E-state index contributed by atoms with van der Waals surface area (Å²) >= 11 is 0. The predicted molar refractivity (Wildman–Crippen MR) is 86.5 cm³/mol. The van der Waals surface area contributed by atoms with Crippen molar-refractivity contribution in [2.24, 2.45) is 5.41 Å². The molecule has 1 aliphatic heterocycles. The van der Waals surface area contributed by atoms with Crippen LogP contribution < -0.4 is 0 Å². The van der Waals surface area contributed by atoms with Gasteiger partial charge in [-0.15, -0.1) is 0 Å². The summed E-state index contributed by atoms with van der Waals surface area (Å²) in [5.74, 6) is -1.10. The first-order valence-electron chi connectivity index (χ1n) is 8.16. The van der Waals surface area contributed by atoms with Crippen molar-refractivity contribution in [1.29, 1.82) is 0 Å². The number of allylic oxidation sites excluding steroid dienone is 2. The fraction of sp³-hybridized carbons (Fsp3) is 0.500. The molecular formula is C18H22N2O3. The van der Waals surface area contributed by atoms with E-state index in [2.05, 4.69) is 17.1 Å². The maximum absolute atomic E-state index is 12.8. The Morgan fingerprint density at radius 2 is 2.09 bits per heavy atom. The van der Waals surface area contributed by atoms with Crippen LogP contribution in [-0.4, -0.2) is 40.0 Å². The third-order valence-corrected chi connectivity index (χ3v) is 5.04. The summed E-state index contributed by atoms with van der Waals surface area (Å²) in [6.45, 7) is 3.16. The lowest BCUT2D eigenvalue weighted by molar-refractivity contribution is 0.0478. The maximum Gasteiger partial charge on any atom is 0.337 e. The van der Waals surface area contributed by atoms with Crippen molar-refractivity contribution in [3.8, 4) is 0 Å². The highest BCUT2D eigenvalue weighted by molar-refractivity contribution is 5.94. The first-order valence-corrected chi connectivity index (χ1v) is 8.16. The number of pyridine rings is 1. The highest BCUT2D eigenvalue weighted by Gasteiger charge is 2.37. The topological polar surface area (TPSA) is 70.5 Å². The summed E-state index contributed by atoms with van der Waals surface area (Å²) in [7, 11) is 0. The second kappa shape index (κ2) is 6.14. The Morgan fingerprint density at radius 1 is 1.26 bits per heavy atom. The Balaban J connectivity index is 1.78. The average molecular weight is 314 g/mol. The summed E-state index contributed by atoms with van der Waals surface area (Å²) in [5.41, 5.74) is 1.10. The van der Waals surface area contributed by atoms with Crippen molar-refractivity contribution < 1.29 is 14.7 Å². The van der Waals surface area contributed by atoms with E-state index in [1.54, 1.807) is 6.92 Å². The normalized spacial score (nSPS) is 24.0. The number of piperidine rings is 1. The zero-order chi connectivity index (χ0) is 16.4. The van der Waals surface area contributed by atoms with Gasteiger partial charge in [-0.3, -0.25) is 4.79 Å². The Hall–Kier alpha value is -2.17. The highest BCUT2D eigenvalue weighted by atomic mass is 16.4. The zero-order valence-electron chi connectivity index (χ0n) is 13.4. The zero-order valence-corrected chi connectivity index (χ0v) is 13.4. The minimum atomic E-state index is -1.01. The van der Waals surface area contributed by atoms with Crippen LogP contribution in [0.25, 0.3) is 0 Å². The van der Waals surface area contributed by atoms with Crippen LogP contribution in [0.2, 0.25) is 0 Å². The van der Waals surface area contributed by atoms with Gasteiger partial charge >= 0.3 is 5.97 Å². The largest absolute Gasteiger partial charge is 0.478 e. The molecule has 0 aromatic carbocycles. The number of carbonyl (C=O) groups excluding carboxylic acids is 1. The summed E-state index contributed by atoms with van der Waals surface area (Å²) in [6.07, 6.45) is 9.92. The van der Waals surface area contributed by atoms with E-state index in [-0.39, 0.29) is 16.9 Å². The first kappa shape index (κ1) is 15.7. The Kier molecular flexibility index (Phi) is 4.20. The second-order valence-corrected chi connectivity index (χ2v) is 6.68. The molecule has 1 aliphatic carbocycles. The van der Waals surface area contributed by atoms with Crippen LogP contribution >= 0.6 is 0 Å². The van der Waals surface area contributed by atoms with Gasteiger partial charge in [-0.1, -0.05) is 12.2 Å². The van der Waals surface area contributed by atoms with Gasteiger partial charge in [0.1, 0.15) is 5.69 Å². The molecule has 3 rings (SSSR count). The number of carboxylic acid groups (broad SMARTS) is 1. The van der Waals surface area contributed by atoms with Gasteiger partial charge in [0.25, 0.3) is 5.91 Å². The molecular weight excluding hydrogens is 292 g/mol. The molecule has 2 aliphatic rings. The van der Waals surface area contributed by atoms with Crippen molar-refractivity contribution in [3.63, 3.8) is 0 Å². The Bertz CT molecular complexity index is 668. The highest BCUT2D eigenvalue weighted by Crippen LogP contribution is 2.40. The van der Waals surface area contributed by atoms with Crippen molar-refractivity contribution in [3.05, 3.63) is 41.2 Å². The molecule has 5 heteroatoms. The number of rotatable bonds is 2. The number of aromatic nitrogens is 1. The quantitative estimate of drug-likeness (QED) is 0.852. The molecule has 1 unspecified atom stereocenters. The smallest absolute Gasteiger partial charge is 0.337 e. The van der Waals surface area contributed by atoms with E-state index in [9.17, 15) is 9.59 Å². The molecule has 1 fully saturated rings. The molecule has 2 heterocycles. The SMILES string of the molecule is Cc1nc(C(=O)N2CCCC3(CC=CCC3)C2)ccc1C(=O)O. The molecule has 1 saturated heterocycles. The van der Waals surface area contributed by atoms with Crippen molar-refractivity contribution in [2.45, 2.75) is 39.0 Å². The fourth-order valence-electron chi connectivity index (χ4n) is 3.76. The molecule has 1 spiro atoms. The number of aromatic carboxylic acids is 1. The number of amides is 1. The monoisotopic (exact) mass is 314 g/mol. The predicted octanol–water partition coefficient (Wildman–Crippen LogP) is 3.05. The lowest BCUT2D eigenvalue weighted by Crippen LogP contribution is -2.46. The number of aryl methyl sites for hydroxylation is 1. The van der Waals surface area contributed by atoms with Gasteiger partial charge in [-0.2, -0.15) is 0 Å². The molecule has 1 amide bonds. The van der Waals surface area contributed by atoms with Crippen molar-refractivity contribution in [1.82, 2.24) is 9.88 Å². The number of carbonyl (C=O) groups is 2. The van der Waals surface area contributed by atoms with E-state index in [1.165, 1.54) is 18.6 Å². The lowest BCUT2D eigenvalue weighted by Gasteiger charge is -2.43. The summed E-state index contributed by atoms with van der Waals surface area (Å²) in [5, 5.41) is 9.07. The van der Waals surface area contributed by atoms with Crippen molar-refractivity contribution in [2.75, 3.05) is 13.1 Å². The summed E-state index contributed by atoms with van der Waals surface area (Å²) in [4.78, 5) is 29.9. The van der Waals surface area contributed by atoms with Crippen LogP contribution in [0.4, 0.5) is 0 Å². The minimum Gasteiger partial charge on any atom is -0.478 e. The van der Waals surface area contributed by atoms with Crippen LogP contribution in [0.1, 0.15) is 58.6 Å². The van der Waals surface area contributed by atoms with Gasteiger partial charge in [-0.05, 0) is 56.6 Å². The molecule has 5 nitrogen and oxygen atoms in total. The van der Waals surface area contributed by atoms with E-state index in [0.29, 0.717) is 11.4 Å². The third-order valence-electron chi connectivity index (χ3n) is 5.04. The molecule has 1 aromatic rings. The van der Waals surface area contributed by atoms with Crippen LogP contribution in [0.15, 0.2) is 24.3 Å². The molecule has 1 N–H and O–H groups in total. The molecule has 1 aromatic heterocycles. The Morgan fingerprint density at radius 3 is 2.74 bits per heavy atom. The minimum absolute atomic E-state index is 0.0846. The van der Waals surface area contributed by atoms with Crippen LogP contribution in [0.3, 0.4) is 0 Å². The molecule has 1 atom stereocenters. The molecule has 0 bridgehead atoms. The van der Waals surface area contributed by atoms with Crippen LogP contribution in [0.5, 0.6) is 0 Å². The van der Waals surface area contributed by atoms with Gasteiger partial charge in [0.2, 0.25) is 0 Å². The van der Waals surface area contributed by atoms with Crippen molar-refractivity contribution >= 4 is 11.9 Å². The standard InChI is InChI=1S/C18H22N2O3/c1-13-14(17(22)23)6-7-15(19-13)16(21)20-11-5-10-18(12-20)8-3-2-4-9-18/h2-3,6-7H,4-5,8-12H2,1H3,(H,22,23). The summed E-state index contributed by atoms with van der Waals surface area (Å²) in [6, 6.07) is 3.00. The van der Waals surface area contributed by atoms with E-state index in [1.807, 2.05) is 4.90 Å². The number of hydrogen-bond donors (Lipinski definition) is 1. The van der Waals surface area contributed by atoms with Gasteiger partial charge in [0.05, 0.1) is 11.3 Å². The van der Waals surface area contributed by atoms with E-state index in [4.69, 9.17) is 5.11 Å². The fourth-order valence-corrected chi connectivity index (χ4v) is 3.76. The maximum atomic E-state index is 12.8. The van der Waals surface area contributed by atoms with Gasteiger partial charge in [0.15, 0.2) is 0 Å². The molecule has 0 radical (unpaired) electrons. The second-order valence-electron chi connectivity index (χ2n) is 6.68. The molecule has 0 saturated carbocycles. The molecule has 23 heavy (non-hydrogen) atoms. The van der Waals surface area contributed by atoms with Gasteiger partial charge in [0, 0.05) is 13.1 Å². The van der Waals surface area contributed by atoms with Gasteiger partial charge < -0.3 is 10.0 Å². The third kappa shape index (κ3) is 3.14. The number of carboxylic acids is 1.